The van der Waals surface area contributed by atoms with E-state index < -0.39 is 5.60 Å². The maximum atomic E-state index is 12.3. The molecule has 1 aliphatic carbocycles. The van der Waals surface area contributed by atoms with Crippen LogP contribution in [0.4, 0.5) is 0 Å². The maximum absolute atomic E-state index is 12.3. The van der Waals surface area contributed by atoms with Gasteiger partial charge in [-0.1, -0.05) is 6.42 Å². The third-order valence-corrected chi connectivity index (χ3v) is 4.28. The zero-order valence-corrected chi connectivity index (χ0v) is 13.0. The lowest BCUT2D eigenvalue weighted by Gasteiger charge is -2.37. The fraction of sp³-hybridized carbons (Fsp3) is 0.875. The van der Waals surface area contributed by atoms with Gasteiger partial charge in [0.1, 0.15) is 5.60 Å². The molecular formula is C16H27NO3. The molecule has 0 aromatic rings. The van der Waals surface area contributed by atoms with Gasteiger partial charge in [0.2, 0.25) is 5.91 Å². The first kappa shape index (κ1) is 15.3. The Morgan fingerprint density at radius 3 is 2.35 bits per heavy atom. The Bertz CT molecular complexity index is 368. The number of carbonyl (C=O) groups is 2. The molecule has 1 aliphatic heterocycles. The molecular weight excluding hydrogens is 254 g/mol. The molecule has 4 nitrogen and oxygen atoms in total. The SMILES string of the molecule is CC(C)(C)OC(=O)CCC(=O)N1CCCC1C1CCC1. The summed E-state index contributed by atoms with van der Waals surface area (Å²) in [5.74, 6) is 0.568. The molecule has 0 radical (unpaired) electrons. The van der Waals surface area contributed by atoms with Gasteiger partial charge >= 0.3 is 5.97 Å². The molecule has 0 N–H and O–H groups in total. The molecule has 2 aliphatic rings. The molecule has 1 saturated carbocycles. The van der Waals surface area contributed by atoms with Gasteiger partial charge in [0, 0.05) is 19.0 Å². The van der Waals surface area contributed by atoms with E-state index in [-0.39, 0.29) is 24.7 Å². The van der Waals surface area contributed by atoms with Crippen molar-refractivity contribution >= 4 is 11.9 Å². The van der Waals surface area contributed by atoms with Crippen LogP contribution >= 0.6 is 0 Å². The van der Waals surface area contributed by atoms with E-state index >= 15 is 0 Å². The number of likely N-dealkylation sites (tertiary alicyclic amines) is 1. The summed E-state index contributed by atoms with van der Waals surface area (Å²) in [6, 6.07) is 0.440. The van der Waals surface area contributed by atoms with Crippen LogP contribution < -0.4 is 0 Å². The van der Waals surface area contributed by atoms with E-state index in [0.717, 1.165) is 19.4 Å². The van der Waals surface area contributed by atoms with Crippen LogP contribution in [0.5, 0.6) is 0 Å². The minimum absolute atomic E-state index is 0.130. The maximum Gasteiger partial charge on any atom is 0.306 e. The van der Waals surface area contributed by atoms with Gasteiger partial charge in [-0.2, -0.15) is 0 Å². The summed E-state index contributed by atoms with van der Waals surface area (Å²) in [4.78, 5) is 26.0. The van der Waals surface area contributed by atoms with Gasteiger partial charge in [-0.3, -0.25) is 9.59 Å². The summed E-state index contributed by atoms with van der Waals surface area (Å²) in [5, 5.41) is 0. The zero-order chi connectivity index (χ0) is 14.8. The summed E-state index contributed by atoms with van der Waals surface area (Å²) in [5.41, 5.74) is -0.470. The molecule has 1 unspecified atom stereocenters. The largest absolute Gasteiger partial charge is 0.460 e. The Morgan fingerprint density at radius 1 is 1.10 bits per heavy atom. The fourth-order valence-corrected chi connectivity index (χ4v) is 3.16. The molecule has 20 heavy (non-hydrogen) atoms. The lowest BCUT2D eigenvalue weighted by molar-refractivity contribution is -0.156. The first-order chi connectivity index (χ1) is 9.37. The van der Waals surface area contributed by atoms with E-state index in [2.05, 4.69) is 0 Å². The van der Waals surface area contributed by atoms with Gasteiger partial charge in [-0.05, 0) is 52.4 Å². The number of hydrogen-bond donors (Lipinski definition) is 0. The Balaban J connectivity index is 1.78. The van der Waals surface area contributed by atoms with Crippen LogP contribution in [0.1, 0.15) is 65.7 Å². The minimum Gasteiger partial charge on any atom is -0.460 e. The molecule has 0 aromatic carbocycles. The molecule has 1 atom stereocenters. The third kappa shape index (κ3) is 3.97. The van der Waals surface area contributed by atoms with Crippen molar-refractivity contribution in [3.05, 3.63) is 0 Å². The van der Waals surface area contributed by atoms with Crippen molar-refractivity contribution in [3.8, 4) is 0 Å². The van der Waals surface area contributed by atoms with Crippen molar-refractivity contribution in [3.63, 3.8) is 0 Å². The second-order valence-electron chi connectivity index (χ2n) is 7.07. The van der Waals surface area contributed by atoms with Crippen LogP contribution in [0.3, 0.4) is 0 Å². The topological polar surface area (TPSA) is 46.6 Å². The molecule has 4 heteroatoms. The lowest BCUT2D eigenvalue weighted by atomic mass is 9.79. The Hall–Kier alpha value is -1.06. The Morgan fingerprint density at radius 2 is 1.80 bits per heavy atom. The Kier molecular flexibility index (Phi) is 4.71. The number of esters is 1. The average molecular weight is 281 g/mol. The first-order valence-electron chi connectivity index (χ1n) is 7.88. The second kappa shape index (κ2) is 6.15. The molecule has 0 spiro atoms. The monoisotopic (exact) mass is 281 g/mol. The highest BCUT2D eigenvalue weighted by Crippen LogP contribution is 2.37. The quantitative estimate of drug-likeness (QED) is 0.744. The third-order valence-electron chi connectivity index (χ3n) is 4.28. The number of ether oxygens (including phenoxy) is 1. The molecule has 0 aromatic heterocycles. The predicted molar refractivity (Wildman–Crippen MR) is 77.2 cm³/mol. The first-order valence-corrected chi connectivity index (χ1v) is 7.88. The van der Waals surface area contributed by atoms with E-state index in [1.54, 1.807) is 0 Å². The van der Waals surface area contributed by atoms with E-state index in [0.29, 0.717) is 12.0 Å². The average Bonchev–Trinajstić information content (AvgIpc) is 2.70. The van der Waals surface area contributed by atoms with E-state index in [9.17, 15) is 9.59 Å². The highest BCUT2D eigenvalue weighted by molar-refractivity contribution is 5.82. The number of hydrogen-bond acceptors (Lipinski definition) is 3. The number of rotatable bonds is 4. The standard InChI is InChI=1S/C16H27NO3/c1-16(2,3)20-15(19)10-9-14(18)17-11-5-8-13(17)12-6-4-7-12/h12-13H,4-11H2,1-3H3. The predicted octanol–water partition coefficient (Wildman–Crippen LogP) is 2.90. The normalized spacial score (nSPS) is 23.6. The summed E-state index contributed by atoms with van der Waals surface area (Å²) >= 11 is 0. The minimum atomic E-state index is -0.470. The summed E-state index contributed by atoms with van der Waals surface area (Å²) in [7, 11) is 0. The van der Waals surface area contributed by atoms with Crippen LogP contribution in [-0.4, -0.2) is 35.0 Å². The highest BCUT2D eigenvalue weighted by Gasteiger charge is 2.37. The highest BCUT2D eigenvalue weighted by atomic mass is 16.6. The molecule has 1 heterocycles. The van der Waals surface area contributed by atoms with Crippen molar-refractivity contribution in [2.75, 3.05) is 6.54 Å². The summed E-state index contributed by atoms with van der Waals surface area (Å²) in [6.45, 7) is 6.41. The van der Waals surface area contributed by atoms with Gasteiger partial charge in [-0.25, -0.2) is 0 Å². The number of amides is 1. The van der Waals surface area contributed by atoms with Crippen LogP contribution in [0.15, 0.2) is 0 Å². The van der Waals surface area contributed by atoms with Crippen LogP contribution in [-0.2, 0) is 14.3 Å². The molecule has 1 saturated heterocycles. The van der Waals surface area contributed by atoms with Crippen LogP contribution in [0, 0.1) is 5.92 Å². The van der Waals surface area contributed by atoms with Crippen molar-refractivity contribution in [1.82, 2.24) is 4.90 Å². The van der Waals surface area contributed by atoms with Gasteiger partial charge in [-0.15, -0.1) is 0 Å². The van der Waals surface area contributed by atoms with Gasteiger partial charge in [0.05, 0.1) is 6.42 Å². The van der Waals surface area contributed by atoms with Gasteiger partial charge in [0.25, 0.3) is 0 Å². The summed E-state index contributed by atoms with van der Waals surface area (Å²) < 4.78 is 5.25. The molecule has 114 valence electrons. The van der Waals surface area contributed by atoms with E-state index in [4.69, 9.17) is 4.74 Å². The van der Waals surface area contributed by atoms with E-state index in [1.165, 1.54) is 19.3 Å². The lowest BCUT2D eigenvalue weighted by Crippen LogP contribution is -2.42. The second-order valence-corrected chi connectivity index (χ2v) is 7.07. The number of nitrogens with zero attached hydrogens (tertiary/aromatic N) is 1. The van der Waals surface area contributed by atoms with Crippen LogP contribution in [0.25, 0.3) is 0 Å². The van der Waals surface area contributed by atoms with Crippen molar-refractivity contribution < 1.29 is 14.3 Å². The Labute approximate surface area is 121 Å². The van der Waals surface area contributed by atoms with Crippen molar-refractivity contribution in [1.29, 1.82) is 0 Å². The van der Waals surface area contributed by atoms with Crippen LogP contribution in [0.2, 0.25) is 0 Å². The van der Waals surface area contributed by atoms with Gasteiger partial charge < -0.3 is 9.64 Å². The molecule has 2 rings (SSSR count). The van der Waals surface area contributed by atoms with Crippen molar-refractivity contribution in [2.45, 2.75) is 77.4 Å². The molecule has 1 amide bonds. The smallest absolute Gasteiger partial charge is 0.306 e. The summed E-state index contributed by atoms with van der Waals surface area (Å²) in [6.07, 6.45) is 6.58. The molecule has 2 fully saturated rings. The van der Waals surface area contributed by atoms with Gasteiger partial charge in [0.15, 0.2) is 0 Å². The molecule has 0 bridgehead atoms. The fourth-order valence-electron chi connectivity index (χ4n) is 3.16. The van der Waals surface area contributed by atoms with E-state index in [1.807, 2.05) is 25.7 Å². The van der Waals surface area contributed by atoms with Crippen molar-refractivity contribution in [2.24, 2.45) is 5.92 Å². The zero-order valence-electron chi connectivity index (χ0n) is 13.0. The number of carbonyl (C=O) groups excluding carboxylic acids is 2.